The number of halogens is 1. The van der Waals surface area contributed by atoms with E-state index in [1.54, 1.807) is 0 Å². The van der Waals surface area contributed by atoms with Gasteiger partial charge < -0.3 is 10.4 Å². The molecule has 1 saturated heterocycles. The molecule has 1 aliphatic heterocycles. The fourth-order valence-corrected chi connectivity index (χ4v) is 3.81. The van der Waals surface area contributed by atoms with Gasteiger partial charge in [-0.2, -0.15) is 0 Å². The predicted octanol–water partition coefficient (Wildman–Crippen LogP) is 1.76. The number of anilines is 1. The minimum atomic E-state index is -2.89. The van der Waals surface area contributed by atoms with Crippen LogP contribution in [0.15, 0.2) is 18.2 Å². The Balaban J connectivity index is 1.96. The van der Waals surface area contributed by atoms with Gasteiger partial charge in [-0.15, -0.1) is 0 Å². The summed E-state index contributed by atoms with van der Waals surface area (Å²) in [7, 11) is -2.89. The second-order valence-electron chi connectivity index (χ2n) is 5.01. The maximum atomic E-state index is 13.3. The van der Waals surface area contributed by atoms with Crippen LogP contribution in [0.25, 0.3) is 0 Å². The van der Waals surface area contributed by atoms with Crippen molar-refractivity contribution in [1.82, 2.24) is 0 Å². The fourth-order valence-electron chi connectivity index (χ4n) is 2.22. The van der Waals surface area contributed by atoms with Crippen molar-refractivity contribution in [1.29, 1.82) is 0 Å². The molecule has 0 amide bonds. The number of benzene rings is 1. The normalized spacial score (nSPS) is 18.6. The van der Waals surface area contributed by atoms with E-state index in [0.29, 0.717) is 25.1 Å². The molecule has 1 aromatic rings. The second kappa shape index (κ2) is 5.78. The van der Waals surface area contributed by atoms with Gasteiger partial charge in [0.25, 0.3) is 0 Å². The summed E-state index contributed by atoms with van der Waals surface area (Å²) >= 11 is 0. The molecule has 0 bridgehead atoms. The smallest absolute Gasteiger partial charge is 0.335 e. The van der Waals surface area contributed by atoms with E-state index in [1.165, 1.54) is 12.1 Å². The Bertz CT molecular complexity index is 601. The molecule has 1 heterocycles. The maximum absolute atomic E-state index is 13.3. The molecule has 5 nitrogen and oxygen atoms in total. The van der Waals surface area contributed by atoms with Crippen LogP contribution in [0, 0.1) is 11.7 Å². The molecule has 0 spiro atoms. The summed E-state index contributed by atoms with van der Waals surface area (Å²) in [5.74, 6) is -1.23. The number of hydrogen-bond acceptors (Lipinski definition) is 4. The third-order valence-corrected chi connectivity index (χ3v) is 5.13. The van der Waals surface area contributed by atoms with E-state index in [1.807, 2.05) is 0 Å². The van der Waals surface area contributed by atoms with Gasteiger partial charge in [0.1, 0.15) is 15.7 Å². The molecule has 1 aliphatic rings. The summed E-state index contributed by atoms with van der Waals surface area (Å²) in [4.78, 5) is 10.8. The van der Waals surface area contributed by atoms with Gasteiger partial charge in [-0.3, -0.25) is 0 Å². The fraction of sp³-hybridized carbons (Fsp3) is 0.462. The minimum Gasteiger partial charge on any atom is -0.478 e. The van der Waals surface area contributed by atoms with Gasteiger partial charge in [-0.25, -0.2) is 17.6 Å². The van der Waals surface area contributed by atoms with Crippen molar-refractivity contribution in [2.75, 3.05) is 23.4 Å². The maximum Gasteiger partial charge on any atom is 0.335 e. The summed E-state index contributed by atoms with van der Waals surface area (Å²) in [6.45, 7) is 0.512. The molecule has 2 N–H and O–H groups in total. The Morgan fingerprint density at radius 2 is 1.95 bits per heavy atom. The number of hydrogen-bond donors (Lipinski definition) is 2. The van der Waals surface area contributed by atoms with Gasteiger partial charge >= 0.3 is 5.97 Å². The molecule has 0 aliphatic carbocycles. The highest BCUT2D eigenvalue weighted by Gasteiger charge is 2.23. The van der Waals surface area contributed by atoms with Crippen molar-refractivity contribution < 1.29 is 22.7 Å². The minimum absolute atomic E-state index is 0.112. The first kappa shape index (κ1) is 14.8. The molecule has 0 saturated carbocycles. The molecule has 2 rings (SSSR count). The number of rotatable bonds is 4. The van der Waals surface area contributed by atoms with Crippen molar-refractivity contribution >= 4 is 21.5 Å². The molecule has 7 heteroatoms. The highest BCUT2D eigenvalue weighted by molar-refractivity contribution is 7.91. The van der Waals surface area contributed by atoms with E-state index in [-0.39, 0.29) is 23.0 Å². The van der Waals surface area contributed by atoms with Gasteiger partial charge in [0.05, 0.1) is 17.1 Å². The van der Waals surface area contributed by atoms with Gasteiger partial charge in [0.2, 0.25) is 0 Å². The predicted molar refractivity (Wildman–Crippen MR) is 73.2 cm³/mol. The van der Waals surface area contributed by atoms with Crippen molar-refractivity contribution in [3.8, 4) is 0 Å². The lowest BCUT2D eigenvalue weighted by atomic mass is 10.0. The van der Waals surface area contributed by atoms with Crippen LogP contribution in [-0.2, 0) is 9.84 Å². The van der Waals surface area contributed by atoms with Crippen LogP contribution in [0.4, 0.5) is 10.1 Å². The topological polar surface area (TPSA) is 83.5 Å². The Labute approximate surface area is 116 Å². The summed E-state index contributed by atoms with van der Waals surface area (Å²) in [6, 6.07) is 3.55. The van der Waals surface area contributed by atoms with E-state index in [9.17, 15) is 17.6 Å². The molecule has 1 fully saturated rings. The third kappa shape index (κ3) is 3.93. The standard InChI is InChI=1S/C13H16FNO4S/c14-11-5-10(13(16)17)6-12(7-11)15-8-9-1-3-20(18,19)4-2-9/h5-7,9,15H,1-4,8H2,(H,16,17). The number of carbonyl (C=O) groups is 1. The number of aromatic carboxylic acids is 1. The van der Waals surface area contributed by atoms with Crippen LogP contribution in [0.1, 0.15) is 23.2 Å². The molecule has 0 unspecified atom stereocenters. The zero-order valence-corrected chi connectivity index (χ0v) is 11.6. The average Bonchev–Trinajstić information content (AvgIpc) is 2.37. The quantitative estimate of drug-likeness (QED) is 0.885. The molecule has 0 aromatic heterocycles. The first-order valence-electron chi connectivity index (χ1n) is 6.34. The van der Waals surface area contributed by atoms with E-state index < -0.39 is 21.6 Å². The summed E-state index contributed by atoms with van der Waals surface area (Å²) in [5.41, 5.74) is 0.287. The molecular weight excluding hydrogens is 285 g/mol. The van der Waals surface area contributed by atoms with Crippen LogP contribution in [0.5, 0.6) is 0 Å². The van der Waals surface area contributed by atoms with Crippen molar-refractivity contribution in [2.45, 2.75) is 12.8 Å². The van der Waals surface area contributed by atoms with E-state index in [0.717, 1.165) is 6.07 Å². The van der Waals surface area contributed by atoms with E-state index in [2.05, 4.69) is 5.32 Å². The van der Waals surface area contributed by atoms with Crippen LogP contribution < -0.4 is 5.32 Å². The zero-order valence-electron chi connectivity index (χ0n) is 10.8. The lowest BCUT2D eigenvalue weighted by Gasteiger charge is -2.22. The molecular formula is C13H16FNO4S. The molecule has 0 atom stereocenters. The number of carboxylic acids is 1. The Morgan fingerprint density at radius 3 is 2.55 bits per heavy atom. The largest absolute Gasteiger partial charge is 0.478 e. The Morgan fingerprint density at radius 1 is 1.30 bits per heavy atom. The van der Waals surface area contributed by atoms with Crippen LogP contribution in [-0.4, -0.2) is 37.5 Å². The van der Waals surface area contributed by atoms with Crippen LogP contribution >= 0.6 is 0 Å². The molecule has 0 radical (unpaired) electrons. The number of nitrogens with one attached hydrogen (secondary N) is 1. The Hall–Kier alpha value is -1.63. The van der Waals surface area contributed by atoms with Crippen molar-refractivity contribution in [3.63, 3.8) is 0 Å². The van der Waals surface area contributed by atoms with Gasteiger partial charge in [0, 0.05) is 12.2 Å². The van der Waals surface area contributed by atoms with E-state index in [4.69, 9.17) is 5.11 Å². The zero-order chi connectivity index (χ0) is 14.8. The first-order chi connectivity index (χ1) is 9.35. The second-order valence-corrected chi connectivity index (χ2v) is 7.31. The highest BCUT2D eigenvalue weighted by Crippen LogP contribution is 2.20. The summed E-state index contributed by atoms with van der Waals surface area (Å²) in [6.07, 6.45) is 1.16. The third-order valence-electron chi connectivity index (χ3n) is 3.41. The van der Waals surface area contributed by atoms with E-state index >= 15 is 0 Å². The lowest BCUT2D eigenvalue weighted by Crippen LogP contribution is -2.27. The van der Waals surface area contributed by atoms with Crippen molar-refractivity contribution in [2.24, 2.45) is 5.92 Å². The average molecular weight is 301 g/mol. The lowest BCUT2D eigenvalue weighted by molar-refractivity contribution is 0.0696. The monoisotopic (exact) mass is 301 g/mol. The Kier molecular flexibility index (Phi) is 4.27. The summed E-state index contributed by atoms with van der Waals surface area (Å²) in [5, 5.41) is 11.8. The van der Waals surface area contributed by atoms with Gasteiger partial charge in [-0.05, 0) is 37.0 Å². The molecule has 1 aromatic carbocycles. The molecule has 20 heavy (non-hydrogen) atoms. The molecule has 110 valence electrons. The van der Waals surface area contributed by atoms with Crippen LogP contribution in [0.2, 0.25) is 0 Å². The number of carboxylic acid groups (broad SMARTS) is 1. The van der Waals surface area contributed by atoms with Crippen LogP contribution in [0.3, 0.4) is 0 Å². The highest BCUT2D eigenvalue weighted by atomic mass is 32.2. The summed E-state index contributed by atoms with van der Waals surface area (Å²) < 4.78 is 35.9. The number of sulfone groups is 1. The van der Waals surface area contributed by atoms with Gasteiger partial charge in [0.15, 0.2) is 0 Å². The first-order valence-corrected chi connectivity index (χ1v) is 8.16. The SMILES string of the molecule is O=C(O)c1cc(F)cc(NCC2CCS(=O)(=O)CC2)c1. The van der Waals surface area contributed by atoms with Crippen molar-refractivity contribution in [3.05, 3.63) is 29.6 Å². The van der Waals surface area contributed by atoms with Gasteiger partial charge in [-0.1, -0.05) is 0 Å².